The van der Waals surface area contributed by atoms with Crippen LogP contribution >= 0.6 is 0 Å². The van der Waals surface area contributed by atoms with Gasteiger partial charge in [0.1, 0.15) is 26.4 Å². The molecule has 232 valence electrons. The molecule has 0 amide bonds. The Labute approximate surface area is 238 Å². The molecular formula is C24H36O16Si. The second-order valence-corrected chi connectivity index (χ2v) is 9.10. The molecule has 0 fully saturated rings. The summed E-state index contributed by atoms with van der Waals surface area (Å²) in [5.41, 5.74) is 0. The molecule has 0 spiro atoms. The van der Waals surface area contributed by atoms with E-state index in [1.807, 2.05) is 0 Å². The zero-order chi connectivity index (χ0) is 31.3. The summed E-state index contributed by atoms with van der Waals surface area (Å²) in [7, 11) is 0.762. The van der Waals surface area contributed by atoms with E-state index in [0.717, 1.165) is 0 Å². The van der Waals surface area contributed by atoms with Crippen molar-refractivity contribution in [3.8, 4) is 0 Å². The van der Waals surface area contributed by atoms with Gasteiger partial charge in [-0.2, -0.15) is 0 Å². The molecule has 0 aliphatic heterocycles. The van der Waals surface area contributed by atoms with Gasteiger partial charge in [-0.15, -0.1) is 0 Å². The van der Waals surface area contributed by atoms with Gasteiger partial charge in [0.25, 0.3) is 0 Å². The minimum Gasteiger partial charge on any atom is -0.490 e. The molecule has 0 atom stereocenters. The van der Waals surface area contributed by atoms with E-state index >= 15 is 0 Å². The van der Waals surface area contributed by atoms with Gasteiger partial charge in [0.15, 0.2) is 23.0 Å². The highest BCUT2D eigenvalue weighted by Gasteiger charge is 2.46. The third kappa shape index (κ3) is 15.5. The lowest BCUT2D eigenvalue weighted by Gasteiger charge is -2.28. The van der Waals surface area contributed by atoms with Crippen LogP contribution in [0.15, 0.2) is 49.4 Å². The minimum absolute atomic E-state index is 0.240. The summed E-state index contributed by atoms with van der Waals surface area (Å²) in [4.78, 5) is 47.1. The zero-order valence-corrected chi connectivity index (χ0v) is 24.5. The van der Waals surface area contributed by atoms with Crippen molar-refractivity contribution in [3.05, 3.63) is 49.4 Å². The first-order chi connectivity index (χ1) is 19.5. The molecule has 0 unspecified atom stereocenters. The molecule has 16 nitrogen and oxygen atoms in total. The van der Waals surface area contributed by atoms with Crippen LogP contribution in [-0.2, 0) is 74.8 Å². The third-order valence-corrected chi connectivity index (χ3v) is 6.51. The molecule has 0 radical (unpaired) electrons. The van der Waals surface area contributed by atoms with Crippen molar-refractivity contribution in [2.75, 3.05) is 81.3 Å². The Morgan fingerprint density at radius 1 is 0.415 bits per heavy atom. The van der Waals surface area contributed by atoms with Crippen molar-refractivity contribution in [2.24, 2.45) is 0 Å². The topological polar surface area (TPSA) is 179 Å². The lowest BCUT2D eigenvalue weighted by molar-refractivity contribution is -0.146. The second kappa shape index (κ2) is 20.9. The first-order valence-corrected chi connectivity index (χ1v) is 13.3. The molecule has 0 bridgehead atoms. The summed E-state index contributed by atoms with van der Waals surface area (Å²) < 4.78 is 61.4. The van der Waals surface area contributed by atoms with E-state index in [2.05, 4.69) is 26.3 Å². The molecule has 0 rings (SSSR count). The molecule has 0 aromatic rings. The largest absolute Gasteiger partial charge is 0.680 e. The fourth-order valence-electron chi connectivity index (χ4n) is 2.11. The highest BCUT2D eigenvalue weighted by molar-refractivity contribution is 6.53. The Bertz CT molecular complexity index is 781. The number of rotatable bonds is 24. The second-order valence-electron chi connectivity index (χ2n) is 6.95. The predicted molar refractivity (Wildman–Crippen MR) is 138 cm³/mol. The van der Waals surface area contributed by atoms with E-state index in [9.17, 15) is 19.2 Å². The van der Waals surface area contributed by atoms with Crippen molar-refractivity contribution >= 4 is 32.9 Å². The number of ether oxygens (including phenoxy) is 8. The normalized spacial score (nSPS) is 10.4. The lowest BCUT2D eigenvalue weighted by atomic mass is 10.6. The number of carbonyl (C=O) groups excluding carboxylic acids is 4. The van der Waals surface area contributed by atoms with Crippen molar-refractivity contribution in [3.63, 3.8) is 0 Å². The van der Waals surface area contributed by atoms with Gasteiger partial charge in [-0.25, -0.2) is 19.2 Å². The van der Waals surface area contributed by atoms with Crippen molar-refractivity contribution in [2.45, 2.75) is 0 Å². The average molecular weight is 609 g/mol. The van der Waals surface area contributed by atoms with Gasteiger partial charge in [-0.1, -0.05) is 0 Å². The summed E-state index contributed by atoms with van der Waals surface area (Å²) in [5, 5.41) is 0. The summed E-state index contributed by atoms with van der Waals surface area (Å²) >= 11 is 0. The van der Waals surface area contributed by atoms with Crippen molar-refractivity contribution in [1.29, 1.82) is 0 Å². The monoisotopic (exact) mass is 608 g/mol. The van der Waals surface area contributed by atoms with Crippen LogP contribution in [0, 0.1) is 0 Å². The van der Waals surface area contributed by atoms with Crippen LogP contribution in [0.4, 0.5) is 0 Å². The number of methoxy groups -OCH3 is 4. The smallest absolute Gasteiger partial charge is 0.490 e. The van der Waals surface area contributed by atoms with Crippen LogP contribution in [0.5, 0.6) is 0 Å². The van der Waals surface area contributed by atoms with Crippen LogP contribution in [0.1, 0.15) is 0 Å². The van der Waals surface area contributed by atoms with E-state index in [0.29, 0.717) is 0 Å². The molecule has 0 saturated heterocycles. The quantitative estimate of drug-likeness (QED) is 0.0364. The maximum absolute atomic E-state index is 11.8. The van der Waals surface area contributed by atoms with E-state index in [1.54, 1.807) is 0 Å². The molecule has 0 aromatic heterocycles. The van der Waals surface area contributed by atoms with Gasteiger partial charge in [0, 0.05) is 0 Å². The molecule has 41 heavy (non-hydrogen) atoms. The number of carbonyl (C=O) groups is 4. The highest BCUT2D eigenvalue weighted by atomic mass is 28.4. The van der Waals surface area contributed by atoms with Crippen LogP contribution in [0.3, 0.4) is 0 Å². The predicted octanol–water partition coefficient (Wildman–Crippen LogP) is 0.302. The van der Waals surface area contributed by atoms with Crippen LogP contribution in [0.25, 0.3) is 0 Å². The fourth-order valence-corrected chi connectivity index (χ4v) is 3.94. The van der Waals surface area contributed by atoms with E-state index in [1.165, 1.54) is 28.4 Å². The Morgan fingerprint density at radius 3 is 0.780 bits per heavy atom. The number of hydrogen-bond donors (Lipinski definition) is 0. The molecule has 0 heterocycles. The van der Waals surface area contributed by atoms with Gasteiger partial charge in [-0.05, 0) is 26.3 Å². The molecule has 0 aliphatic carbocycles. The minimum atomic E-state index is -4.21. The van der Waals surface area contributed by atoms with Crippen molar-refractivity contribution < 1.29 is 74.8 Å². The number of hydrogen-bond acceptors (Lipinski definition) is 16. The maximum atomic E-state index is 11.8. The molecule has 17 heteroatoms. The summed E-state index contributed by atoms with van der Waals surface area (Å²) in [6, 6.07) is 0. The first kappa shape index (κ1) is 37.1. The maximum Gasteiger partial charge on any atom is 0.680 e. The molecule has 0 aromatic carbocycles. The Balaban J connectivity index is 5.51. The van der Waals surface area contributed by atoms with Crippen LogP contribution in [-0.4, -0.2) is 114 Å². The van der Waals surface area contributed by atoms with Crippen LogP contribution < -0.4 is 0 Å². The summed E-state index contributed by atoms with van der Waals surface area (Å²) in [6.45, 7) is 11.0. The lowest BCUT2D eigenvalue weighted by Crippen LogP contribution is -2.51. The van der Waals surface area contributed by atoms with Gasteiger partial charge in [0.05, 0.1) is 54.9 Å². The summed E-state index contributed by atoms with van der Waals surface area (Å²) in [5.74, 6) is -4.32. The standard InChI is InChI=1S/C24H36O16Si/c1-17(29-5)21(25)33-9-13-37-41(38-14-10-34-22(26)18(2)30-6,39-15-11-35-23(27)19(3)31-7)40-16-12-36-24(28)20(4)32-8/h1-4,9-16H2,5-8H3. The van der Waals surface area contributed by atoms with Gasteiger partial charge >= 0.3 is 32.9 Å². The van der Waals surface area contributed by atoms with Gasteiger partial charge in [0.2, 0.25) is 0 Å². The SMILES string of the molecule is C=C(OC)C(=O)OCCO[Si](OCCOC(=O)C(=C)OC)(OCCOC(=O)C(=C)OC)OCCOC(=O)C(=C)OC. The molecule has 0 saturated carbocycles. The van der Waals surface area contributed by atoms with Crippen LogP contribution in [0.2, 0.25) is 0 Å². The van der Waals surface area contributed by atoms with Crippen molar-refractivity contribution in [1.82, 2.24) is 0 Å². The average Bonchev–Trinajstić information content (AvgIpc) is 2.99. The molecular weight excluding hydrogens is 572 g/mol. The summed E-state index contributed by atoms with van der Waals surface area (Å²) in [6.07, 6.45) is 0. The zero-order valence-electron chi connectivity index (χ0n) is 23.5. The highest BCUT2D eigenvalue weighted by Crippen LogP contribution is 2.14. The Morgan fingerprint density at radius 2 is 0.610 bits per heavy atom. The fraction of sp³-hybridized carbons (Fsp3) is 0.500. The third-order valence-electron chi connectivity index (χ3n) is 4.28. The van der Waals surface area contributed by atoms with E-state index in [-0.39, 0.29) is 75.9 Å². The Kier molecular flexibility index (Phi) is 18.9. The molecule has 0 aliphatic rings. The van der Waals surface area contributed by atoms with E-state index in [4.69, 9.17) is 55.6 Å². The Hall–Kier alpha value is -3.90. The van der Waals surface area contributed by atoms with Gasteiger partial charge < -0.3 is 55.6 Å². The number of esters is 4. The molecule has 0 N–H and O–H groups in total. The van der Waals surface area contributed by atoms with Gasteiger partial charge in [-0.3, -0.25) is 0 Å². The van der Waals surface area contributed by atoms with E-state index < -0.39 is 32.9 Å². The first-order valence-electron chi connectivity index (χ1n) is 11.6.